The highest BCUT2D eigenvalue weighted by Crippen LogP contribution is 2.16. The molecule has 4 rings (SSSR count). The van der Waals surface area contributed by atoms with Crippen molar-refractivity contribution in [3.05, 3.63) is 96.1 Å². The van der Waals surface area contributed by atoms with E-state index in [0.717, 1.165) is 32.7 Å². The lowest BCUT2D eigenvalue weighted by Gasteiger charge is -2.00. The number of fused-ring (bicyclic) bond motifs is 2. The predicted molar refractivity (Wildman–Crippen MR) is 111 cm³/mol. The fourth-order valence-electron chi connectivity index (χ4n) is 3.05. The summed E-state index contributed by atoms with van der Waals surface area (Å²) in [6, 6.07) is 27.3. The Balaban J connectivity index is 0.000000161. The molecule has 4 nitrogen and oxygen atoms in total. The second-order valence-electron chi connectivity index (χ2n) is 6.50. The molecule has 0 unspecified atom stereocenters. The first-order chi connectivity index (χ1) is 13.5. The summed E-state index contributed by atoms with van der Waals surface area (Å²) >= 11 is 0. The van der Waals surface area contributed by atoms with E-state index in [-0.39, 0.29) is 12.8 Å². The van der Waals surface area contributed by atoms with E-state index in [4.69, 9.17) is 10.2 Å². The number of hydrogen-bond acceptors (Lipinski definition) is 2. The number of carboxylic acid groups (broad SMARTS) is 2. The van der Waals surface area contributed by atoms with Gasteiger partial charge < -0.3 is 10.2 Å². The van der Waals surface area contributed by atoms with Gasteiger partial charge in [0.2, 0.25) is 0 Å². The maximum atomic E-state index is 10.5. The van der Waals surface area contributed by atoms with E-state index in [9.17, 15) is 9.59 Å². The fraction of sp³-hybridized carbons (Fsp3) is 0.0833. The van der Waals surface area contributed by atoms with Gasteiger partial charge in [-0.1, -0.05) is 84.9 Å². The number of aliphatic carboxylic acids is 2. The van der Waals surface area contributed by atoms with Crippen LogP contribution < -0.4 is 0 Å². The highest BCUT2D eigenvalue weighted by Gasteiger charge is 2.01. The topological polar surface area (TPSA) is 74.6 Å². The van der Waals surface area contributed by atoms with Gasteiger partial charge in [-0.3, -0.25) is 9.59 Å². The van der Waals surface area contributed by atoms with E-state index in [2.05, 4.69) is 0 Å². The molecule has 4 aromatic carbocycles. The van der Waals surface area contributed by atoms with Gasteiger partial charge >= 0.3 is 11.9 Å². The second-order valence-corrected chi connectivity index (χ2v) is 6.50. The first kappa shape index (κ1) is 19.1. The third-order valence-electron chi connectivity index (χ3n) is 4.34. The van der Waals surface area contributed by atoms with Gasteiger partial charge in [0.1, 0.15) is 0 Å². The van der Waals surface area contributed by atoms with Crippen molar-refractivity contribution >= 4 is 33.5 Å². The average Bonchev–Trinajstić information content (AvgIpc) is 2.67. The molecular formula is C24H20O4. The molecule has 0 spiro atoms. The van der Waals surface area contributed by atoms with E-state index in [1.807, 2.05) is 84.9 Å². The Morgan fingerprint density at radius 1 is 0.536 bits per heavy atom. The zero-order chi connectivity index (χ0) is 19.9. The molecule has 0 radical (unpaired) electrons. The minimum Gasteiger partial charge on any atom is -0.481 e. The van der Waals surface area contributed by atoms with Crippen LogP contribution in [0.5, 0.6) is 0 Å². The molecule has 0 aliphatic carbocycles. The van der Waals surface area contributed by atoms with Crippen LogP contribution in [0.1, 0.15) is 11.1 Å². The Morgan fingerprint density at radius 3 is 1.25 bits per heavy atom. The smallest absolute Gasteiger partial charge is 0.307 e. The summed E-state index contributed by atoms with van der Waals surface area (Å²) in [5.41, 5.74) is 1.69. The molecule has 4 heteroatoms. The van der Waals surface area contributed by atoms with Crippen LogP contribution in [0.25, 0.3) is 21.5 Å². The molecule has 2 N–H and O–H groups in total. The molecule has 0 saturated heterocycles. The van der Waals surface area contributed by atoms with Gasteiger partial charge in [-0.2, -0.15) is 0 Å². The molecule has 28 heavy (non-hydrogen) atoms. The molecule has 0 atom stereocenters. The Morgan fingerprint density at radius 2 is 0.893 bits per heavy atom. The molecule has 140 valence electrons. The van der Waals surface area contributed by atoms with Crippen LogP contribution in [0.15, 0.2) is 84.9 Å². The lowest BCUT2D eigenvalue weighted by atomic mass is 10.1. The van der Waals surface area contributed by atoms with Crippen LogP contribution >= 0.6 is 0 Å². The number of carboxylic acids is 2. The Bertz CT molecular complexity index is 1040. The second kappa shape index (κ2) is 8.82. The fourth-order valence-corrected chi connectivity index (χ4v) is 3.05. The van der Waals surface area contributed by atoms with E-state index in [0.29, 0.717) is 0 Å². The molecular weight excluding hydrogens is 352 g/mol. The minimum absolute atomic E-state index is 0.0881. The quantitative estimate of drug-likeness (QED) is 0.532. The maximum Gasteiger partial charge on any atom is 0.307 e. The van der Waals surface area contributed by atoms with Crippen molar-refractivity contribution in [2.45, 2.75) is 12.8 Å². The zero-order valence-electron chi connectivity index (χ0n) is 15.2. The predicted octanol–water partition coefficient (Wildman–Crippen LogP) is 4.93. The van der Waals surface area contributed by atoms with Crippen molar-refractivity contribution in [3.63, 3.8) is 0 Å². The van der Waals surface area contributed by atoms with Crippen molar-refractivity contribution in [3.8, 4) is 0 Å². The van der Waals surface area contributed by atoms with Crippen molar-refractivity contribution < 1.29 is 19.8 Å². The highest BCUT2D eigenvalue weighted by molar-refractivity contribution is 5.85. The molecule has 0 bridgehead atoms. The number of rotatable bonds is 4. The van der Waals surface area contributed by atoms with Crippen LogP contribution in [0.2, 0.25) is 0 Å². The molecule has 0 aliphatic rings. The number of carbonyl (C=O) groups is 2. The molecule has 0 heterocycles. The van der Waals surface area contributed by atoms with Crippen LogP contribution in [-0.4, -0.2) is 22.2 Å². The van der Waals surface area contributed by atoms with Crippen molar-refractivity contribution in [1.29, 1.82) is 0 Å². The summed E-state index contributed by atoms with van der Waals surface area (Å²) in [6.45, 7) is 0. The summed E-state index contributed by atoms with van der Waals surface area (Å²) < 4.78 is 0. The minimum atomic E-state index is -0.791. The van der Waals surface area contributed by atoms with Gasteiger partial charge in [0, 0.05) is 0 Å². The van der Waals surface area contributed by atoms with Gasteiger partial charge in [0.05, 0.1) is 12.8 Å². The molecule has 4 aromatic rings. The summed E-state index contributed by atoms with van der Waals surface area (Å²) in [5.74, 6) is -1.58. The summed E-state index contributed by atoms with van der Waals surface area (Å²) in [6.07, 6.45) is 0.176. The Labute approximate surface area is 162 Å². The van der Waals surface area contributed by atoms with Crippen molar-refractivity contribution in [1.82, 2.24) is 0 Å². The average molecular weight is 372 g/mol. The lowest BCUT2D eigenvalue weighted by molar-refractivity contribution is -0.137. The van der Waals surface area contributed by atoms with Crippen LogP contribution in [-0.2, 0) is 22.4 Å². The molecule has 0 fully saturated rings. The molecule has 0 saturated carbocycles. The first-order valence-electron chi connectivity index (χ1n) is 8.90. The Hall–Kier alpha value is -3.66. The van der Waals surface area contributed by atoms with E-state index in [1.54, 1.807) is 0 Å². The lowest BCUT2D eigenvalue weighted by Crippen LogP contribution is -1.99. The standard InChI is InChI=1S/2C12H10O2/c2*13-12(14)8-9-5-6-10-3-1-2-4-11(10)7-9/h2*1-7H,8H2,(H,13,14). The normalized spacial score (nSPS) is 10.3. The Kier molecular flexibility index (Phi) is 6.02. The van der Waals surface area contributed by atoms with E-state index < -0.39 is 11.9 Å². The largest absolute Gasteiger partial charge is 0.481 e. The van der Waals surface area contributed by atoms with Gasteiger partial charge in [0.25, 0.3) is 0 Å². The third kappa shape index (κ3) is 5.17. The SMILES string of the molecule is O=C(O)Cc1ccc2ccccc2c1.O=C(O)Cc1ccc2ccccc2c1. The number of benzene rings is 4. The van der Waals surface area contributed by atoms with Crippen LogP contribution in [0.4, 0.5) is 0 Å². The first-order valence-corrected chi connectivity index (χ1v) is 8.90. The zero-order valence-corrected chi connectivity index (χ0v) is 15.2. The van der Waals surface area contributed by atoms with E-state index >= 15 is 0 Å². The summed E-state index contributed by atoms with van der Waals surface area (Å²) in [7, 11) is 0. The van der Waals surface area contributed by atoms with Crippen LogP contribution in [0.3, 0.4) is 0 Å². The third-order valence-corrected chi connectivity index (χ3v) is 4.34. The summed E-state index contributed by atoms with van der Waals surface area (Å²) in [5, 5.41) is 21.7. The molecule has 0 aromatic heterocycles. The highest BCUT2D eigenvalue weighted by atomic mass is 16.4. The van der Waals surface area contributed by atoms with Crippen molar-refractivity contribution in [2.24, 2.45) is 0 Å². The van der Waals surface area contributed by atoms with Gasteiger partial charge in [-0.15, -0.1) is 0 Å². The van der Waals surface area contributed by atoms with Gasteiger partial charge in [-0.25, -0.2) is 0 Å². The molecule has 0 amide bonds. The van der Waals surface area contributed by atoms with E-state index in [1.165, 1.54) is 0 Å². The van der Waals surface area contributed by atoms with Gasteiger partial charge in [0.15, 0.2) is 0 Å². The number of hydrogen-bond donors (Lipinski definition) is 2. The summed E-state index contributed by atoms with van der Waals surface area (Å²) in [4.78, 5) is 21.0. The monoisotopic (exact) mass is 372 g/mol. The molecule has 0 aliphatic heterocycles. The van der Waals surface area contributed by atoms with Crippen LogP contribution in [0, 0.1) is 0 Å². The van der Waals surface area contributed by atoms with Gasteiger partial charge in [-0.05, 0) is 32.7 Å². The van der Waals surface area contributed by atoms with Crippen molar-refractivity contribution in [2.75, 3.05) is 0 Å². The maximum absolute atomic E-state index is 10.5.